The van der Waals surface area contributed by atoms with Gasteiger partial charge in [-0.15, -0.1) is 0 Å². The van der Waals surface area contributed by atoms with E-state index >= 15 is 0 Å². The molecule has 1 saturated heterocycles. The second-order valence-electron chi connectivity index (χ2n) is 4.81. The first-order valence-electron chi connectivity index (χ1n) is 5.96. The summed E-state index contributed by atoms with van der Waals surface area (Å²) in [5.41, 5.74) is 7.95. The Morgan fingerprint density at radius 3 is 2.59 bits per heavy atom. The van der Waals surface area contributed by atoms with Crippen molar-refractivity contribution in [1.29, 1.82) is 0 Å². The van der Waals surface area contributed by atoms with Gasteiger partial charge >= 0.3 is 0 Å². The summed E-state index contributed by atoms with van der Waals surface area (Å²) >= 11 is 3.42. The number of hydrogen-bond acceptors (Lipinski definition) is 3. The van der Waals surface area contributed by atoms with E-state index in [1.807, 2.05) is 12.1 Å². The number of benzene rings is 1. The zero-order chi connectivity index (χ0) is 12.4. The van der Waals surface area contributed by atoms with Gasteiger partial charge in [0.25, 0.3) is 0 Å². The van der Waals surface area contributed by atoms with E-state index in [9.17, 15) is 0 Å². The standard InChI is InChI=1S/C13H19BrN2O/c1-9-6-16(7-10(2)17-9)8-11-3-4-12(14)13(15)5-11/h3-5,9-10H,6-8,15H2,1-2H3. The minimum Gasteiger partial charge on any atom is -0.398 e. The van der Waals surface area contributed by atoms with E-state index in [1.54, 1.807) is 0 Å². The highest BCUT2D eigenvalue weighted by Crippen LogP contribution is 2.22. The molecule has 0 radical (unpaired) electrons. The van der Waals surface area contributed by atoms with E-state index in [1.165, 1.54) is 5.56 Å². The molecule has 1 aromatic rings. The highest BCUT2D eigenvalue weighted by atomic mass is 79.9. The van der Waals surface area contributed by atoms with Crippen LogP contribution < -0.4 is 5.73 Å². The first kappa shape index (κ1) is 12.9. The van der Waals surface area contributed by atoms with Crippen molar-refractivity contribution in [3.8, 4) is 0 Å². The van der Waals surface area contributed by atoms with E-state index in [-0.39, 0.29) is 0 Å². The third-order valence-electron chi connectivity index (χ3n) is 2.96. The molecule has 0 aromatic heterocycles. The summed E-state index contributed by atoms with van der Waals surface area (Å²) in [6.07, 6.45) is 0.623. The molecule has 0 saturated carbocycles. The van der Waals surface area contributed by atoms with Crippen molar-refractivity contribution < 1.29 is 4.74 Å². The zero-order valence-electron chi connectivity index (χ0n) is 10.3. The smallest absolute Gasteiger partial charge is 0.0678 e. The lowest BCUT2D eigenvalue weighted by Gasteiger charge is -2.35. The Balaban J connectivity index is 2.02. The van der Waals surface area contributed by atoms with E-state index in [4.69, 9.17) is 10.5 Å². The topological polar surface area (TPSA) is 38.5 Å². The summed E-state index contributed by atoms with van der Waals surface area (Å²) < 4.78 is 6.69. The van der Waals surface area contributed by atoms with Gasteiger partial charge in [-0.3, -0.25) is 4.90 Å². The summed E-state index contributed by atoms with van der Waals surface area (Å²) in [4.78, 5) is 2.42. The van der Waals surface area contributed by atoms with Crippen molar-refractivity contribution in [2.24, 2.45) is 0 Å². The average molecular weight is 299 g/mol. The maximum absolute atomic E-state index is 5.89. The van der Waals surface area contributed by atoms with E-state index in [0.29, 0.717) is 12.2 Å². The Hall–Kier alpha value is -0.580. The van der Waals surface area contributed by atoms with Gasteiger partial charge in [0, 0.05) is 29.8 Å². The van der Waals surface area contributed by atoms with Gasteiger partial charge in [0.05, 0.1) is 12.2 Å². The third-order valence-corrected chi connectivity index (χ3v) is 3.68. The van der Waals surface area contributed by atoms with Gasteiger partial charge in [0.2, 0.25) is 0 Å². The van der Waals surface area contributed by atoms with Crippen LogP contribution in [-0.2, 0) is 11.3 Å². The number of nitrogens with two attached hydrogens (primary N) is 1. The van der Waals surface area contributed by atoms with Gasteiger partial charge in [-0.1, -0.05) is 6.07 Å². The van der Waals surface area contributed by atoms with Crippen LogP contribution in [0, 0.1) is 0 Å². The number of nitrogens with zero attached hydrogens (tertiary/aromatic N) is 1. The van der Waals surface area contributed by atoms with Crippen LogP contribution in [0.5, 0.6) is 0 Å². The number of hydrogen-bond donors (Lipinski definition) is 1. The molecule has 2 unspecified atom stereocenters. The predicted octanol–water partition coefficient (Wildman–Crippen LogP) is 2.64. The van der Waals surface area contributed by atoms with Crippen molar-refractivity contribution in [3.63, 3.8) is 0 Å². The van der Waals surface area contributed by atoms with E-state index < -0.39 is 0 Å². The zero-order valence-corrected chi connectivity index (χ0v) is 11.9. The number of halogens is 1. The first-order valence-corrected chi connectivity index (χ1v) is 6.75. The lowest BCUT2D eigenvalue weighted by Crippen LogP contribution is -2.44. The van der Waals surface area contributed by atoms with Crippen LogP contribution in [0.25, 0.3) is 0 Å². The summed E-state index contributed by atoms with van der Waals surface area (Å²) in [5, 5.41) is 0. The van der Waals surface area contributed by atoms with Gasteiger partial charge < -0.3 is 10.5 Å². The van der Waals surface area contributed by atoms with E-state index in [2.05, 4.69) is 40.7 Å². The summed E-state index contributed by atoms with van der Waals surface area (Å²) in [6, 6.07) is 6.16. The largest absolute Gasteiger partial charge is 0.398 e. The molecular weight excluding hydrogens is 280 g/mol. The van der Waals surface area contributed by atoms with Gasteiger partial charge in [-0.05, 0) is 47.5 Å². The average Bonchev–Trinajstić information content (AvgIpc) is 2.22. The highest BCUT2D eigenvalue weighted by molar-refractivity contribution is 9.10. The fourth-order valence-corrected chi connectivity index (χ4v) is 2.61. The normalized spacial score (nSPS) is 26.1. The summed E-state index contributed by atoms with van der Waals surface area (Å²) in [7, 11) is 0. The second kappa shape index (κ2) is 5.38. The molecule has 2 rings (SSSR count). The molecule has 94 valence electrons. The summed E-state index contributed by atoms with van der Waals surface area (Å²) in [6.45, 7) is 7.16. The minimum atomic E-state index is 0.312. The molecule has 1 aliphatic rings. The predicted molar refractivity (Wildman–Crippen MR) is 73.8 cm³/mol. The minimum absolute atomic E-state index is 0.312. The van der Waals surface area contributed by atoms with Gasteiger partial charge in [-0.2, -0.15) is 0 Å². The molecule has 2 atom stereocenters. The molecular formula is C13H19BrN2O. The molecule has 0 amide bonds. The van der Waals surface area contributed by atoms with Crippen molar-refractivity contribution >= 4 is 21.6 Å². The monoisotopic (exact) mass is 298 g/mol. The van der Waals surface area contributed by atoms with Crippen molar-refractivity contribution in [1.82, 2.24) is 4.90 Å². The van der Waals surface area contributed by atoms with Crippen LogP contribution >= 0.6 is 15.9 Å². The molecule has 0 bridgehead atoms. The Morgan fingerprint density at radius 2 is 2.00 bits per heavy atom. The third kappa shape index (κ3) is 3.44. The Bertz CT molecular complexity index is 387. The molecule has 1 aliphatic heterocycles. The Morgan fingerprint density at radius 1 is 1.35 bits per heavy atom. The van der Waals surface area contributed by atoms with Crippen LogP contribution in [0.4, 0.5) is 5.69 Å². The number of ether oxygens (including phenoxy) is 1. The highest BCUT2D eigenvalue weighted by Gasteiger charge is 2.21. The maximum atomic E-state index is 5.89. The van der Waals surface area contributed by atoms with Crippen molar-refractivity contribution in [3.05, 3.63) is 28.2 Å². The van der Waals surface area contributed by atoms with Crippen LogP contribution in [-0.4, -0.2) is 30.2 Å². The quantitative estimate of drug-likeness (QED) is 0.853. The first-order chi connectivity index (χ1) is 8.04. The number of morpholine rings is 1. The van der Waals surface area contributed by atoms with Crippen LogP contribution in [0.2, 0.25) is 0 Å². The number of anilines is 1. The fraction of sp³-hybridized carbons (Fsp3) is 0.538. The molecule has 4 heteroatoms. The summed E-state index contributed by atoms with van der Waals surface area (Å²) in [5.74, 6) is 0. The van der Waals surface area contributed by atoms with Gasteiger partial charge in [0.15, 0.2) is 0 Å². The van der Waals surface area contributed by atoms with Crippen LogP contribution in [0.3, 0.4) is 0 Å². The molecule has 17 heavy (non-hydrogen) atoms. The van der Waals surface area contributed by atoms with Crippen molar-refractivity contribution in [2.45, 2.75) is 32.6 Å². The SMILES string of the molecule is CC1CN(Cc2ccc(Br)c(N)c2)CC(C)O1. The fourth-order valence-electron chi connectivity index (χ4n) is 2.36. The molecule has 0 aliphatic carbocycles. The molecule has 1 fully saturated rings. The lowest BCUT2D eigenvalue weighted by molar-refractivity contribution is -0.0704. The molecule has 3 nitrogen and oxygen atoms in total. The van der Waals surface area contributed by atoms with Gasteiger partial charge in [0.1, 0.15) is 0 Å². The molecule has 1 heterocycles. The van der Waals surface area contributed by atoms with Crippen LogP contribution in [0.1, 0.15) is 19.4 Å². The molecule has 1 aromatic carbocycles. The molecule has 0 spiro atoms. The van der Waals surface area contributed by atoms with Gasteiger partial charge in [-0.25, -0.2) is 0 Å². The van der Waals surface area contributed by atoms with E-state index in [0.717, 1.165) is 29.8 Å². The van der Waals surface area contributed by atoms with Crippen LogP contribution in [0.15, 0.2) is 22.7 Å². The maximum Gasteiger partial charge on any atom is 0.0678 e. The Labute approximate surface area is 111 Å². The number of nitrogen functional groups attached to an aromatic ring is 1. The lowest BCUT2D eigenvalue weighted by atomic mass is 10.1. The Kier molecular flexibility index (Phi) is 4.07. The molecule has 2 N–H and O–H groups in total. The number of rotatable bonds is 2. The second-order valence-corrected chi connectivity index (χ2v) is 5.66. The van der Waals surface area contributed by atoms with Crippen molar-refractivity contribution in [2.75, 3.05) is 18.8 Å².